The maximum absolute atomic E-state index is 6.02. The molecule has 0 aliphatic carbocycles. The SMILES string of the molecule is CCN(c1nncs1)c1nc(N)ncc1Cl. The molecule has 0 spiro atoms. The smallest absolute Gasteiger partial charge is 0.222 e. The lowest BCUT2D eigenvalue weighted by atomic mass is 10.5. The highest BCUT2D eigenvalue weighted by Crippen LogP contribution is 2.30. The molecule has 2 heterocycles. The summed E-state index contributed by atoms with van der Waals surface area (Å²) < 4.78 is 0. The minimum atomic E-state index is 0.183. The van der Waals surface area contributed by atoms with Gasteiger partial charge in [0.1, 0.15) is 10.5 Å². The van der Waals surface area contributed by atoms with E-state index in [1.54, 1.807) is 5.51 Å². The molecular formula is C8H9ClN6S. The Labute approximate surface area is 101 Å². The van der Waals surface area contributed by atoms with Crippen molar-refractivity contribution in [1.29, 1.82) is 0 Å². The third-order valence-electron chi connectivity index (χ3n) is 1.90. The molecule has 0 saturated heterocycles. The Morgan fingerprint density at radius 3 is 3.00 bits per heavy atom. The molecule has 2 aromatic rings. The number of aromatic nitrogens is 4. The summed E-state index contributed by atoms with van der Waals surface area (Å²) in [5.41, 5.74) is 7.18. The predicted molar refractivity (Wildman–Crippen MR) is 64.0 cm³/mol. The van der Waals surface area contributed by atoms with E-state index in [4.69, 9.17) is 17.3 Å². The van der Waals surface area contributed by atoms with E-state index in [0.717, 1.165) is 5.13 Å². The van der Waals surface area contributed by atoms with E-state index in [2.05, 4.69) is 20.2 Å². The summed E-state index contributed by atoms with van der Waals surface area (Å²) in [6, 6.07) is 0. The molecule has 2 N–H and O–H groups in total. The van der Waals surface area contributed by atoms with Gasteiger partial charge in [-0.15, -0.1) is 10.2 Å². The van der Waals surface area contributed by atoms with E-state index in [1.165, 1.54) is 17.5 Å². The van der Waals surface area contributed by atoms with Gasteiger partial charge in [0.05, 0.1) is 6.20 Å². The first-order chi connectivity index (χ1) is 7.72. The molecule has 0 amide bonds. The first kappa shape index (κ1) is 11.0. The Morgan fingerprint density at radius 2 is 2.38 bits per heavy atom. The van der Waals surface area contributed by atoms with Crippen LogP contribution >= 0.6 is 22.9 Å². The predicted octanol–water partition coefficient (Wildman–Crippen LogP) is 1.72. The van der Waals surface area contributed by atoms with Crippen molar-refractivity contribution in [1.82, 2.24) is 20.2 Å². The first-order valence-electron chi connectivity index (χ1n) is 4.54. The summed E-state index contributed by atoms with van der Waals surface area (Å²) >= 11 is 7.43. The third-order valence-corrected chi connectivity index (χ3v) is 2.87. The van der Waals surface area contributed by atoms with Gasteiger partial charge in [0.25, 0.3) is 0 Å². The fraction of sp³-hybridized carbons (Fsp3) is 0.250. The highest BCUT2D eigenvalue weighted by molar-refractivity contribution is 7.13. The molecule has 0 aromatic carbocycles. The van der Waals surface area contributed by atoms with E-state index >= 15 is 0 Å². The van der Waals surface area contributed by atoms with Crippen molar-refractivity contribution in [2.45, 2.75) is 6.92 Å². The van der Waals surface area contributed by atoms with Gasteiger partial charge in [-0.25, -0.2) is 4.98 Å². The van der Waals surface area contributed by atoms with Gasteiger partial charge in [-0.05, 0) is 6.92 Å². The van der Waals surface area contributed by atoms with E-state index in [1.807, 2.05) is 11.8 Å². The molecule has 0 unspecified atom stereocenters. The van der Waals surface area contributed by atoms with Crippen LogP contribution in [0.15, 0.2) is 11.7 Å². The standard InChI is InChI=1S/C8H9ClN6S/c1-2-15(8-14-12-4-16-8)6-5(9)3-11-7(10)13-6/h3-4H,2H2,1H3,(H2,10,11,13). The number of rotatable bonds is 3. The Kier molecular flexibility index (Phi) is 3.16. The maximum atomic E-state index is 6.02. The number of hydrogen-bond donors (Lipinski definition) is 1. The molecule has 84 valence electrons. The topological polar surface area (TPSA) is 80.8 Å². The van der Waals surface area contributed by atoms with Crippen molar-refractivity contribution >= 4 is 39.8 Å². The van der Waals surface area contributed by atoms with Gasteiger partial charge in [-0.3, -0.25) is 4.90 Å². The van der Waals surface area contributed by atoms with Crippen LogP contribution in [0.3, 0.4) is 0 Å². The number of anilines is 3. The maximum Gasteiger partial charge on any atom is 0.222 e. The van der Waals surface area contributed by atoms with Crippen LogP contribution in [0.1, 0.15) is 6.92 Å². The molecule has 16 heavy (non-hydrogen) atoms. The molecular weight excluding hydrogens is 248 g/mol. The van der Waals surface area contributed by atoms with Gasteiger partial charge in [-0.2, -0.15) is 4.98 Å². The molecule has 0 radical (unpaired) electrons. The Hall–Kier alpha value is -1.47. The number of halogens is 1. The van der Waals surface area contributed by atoms with E-state index < -0.39 is 0 Å². The van der Waals surface area contributed by atoms with Gasteiger partial charge in [-0.1, -0.05) is 22.9 Å². The van der Waals surface area contributed by atoms with Crippen molar-refractivity contribution in [3.63, 3.8) is 0 Å². The quantitative estimate of drug-likeness (QED) is 0.901. The molecule has 6 nitrogen and oxygen atoms in total. The largest absolute Gasteiger partial charge is 0.368 e. The van der Waals surface area contributed by atoms with Crippen LogP contribution < -0.4 is 10.6 Å². The summed E-state index contributed by atoms with van der Waals surface area (Å²) in [4.78, 5) is 9.74. The summed E-state index contributed by atoms with van der Waals surface area (Å²) in [6.07, 6.45) is 1.48. The lowest BCUT2D eigenvalue weighted by Gasteiger charge is -2.18. The molecule has 0 saturated carbocycles. The second-order valence-electron chi connectivity index (χ2n) is 2.87. The zero-order chi connectivity index (χ0) is 11.5. The van der Waals surface area contributed by atoms with Crippen molar-refractivity contribution in [3.8, 4) is 0 Å². The van der Waals surface area contributed by atoms with Crippen molar-refractivity contribution < 1.29 is 0 Å². The van der Waals surface area contributed by atoms with E-state index in [9.17, 15) is 0 Å². The highest BCUT2D eigenvalue weighted by Gasteiger charge is 2.16. The minimum absolute atomic E-state index is 0.183. The molecule has 2 rings (SSSR count). The molecule has 0 aliphatic heterocycles. The Morgan fingerprint density at radius 1 is 1.56 bits per heavy atom. The summed E-state index contributed by atoms with van der Waals surface area (Å²) in [7, 11) is 0. The zero-order valence-corrected chi connectivity index (χ0v) is 10.0. The van der Waals surface area contributed by atoms with Gasteiger partial charge < -0.3 is 5.73 Å². The lowest BCUT2D eigenvalue weighted by molar-refractivity contribution is 0.944. The van der Waals surface area contributed by atoms with Gasteiger partial charge in [0.2, 0.25) is 11.1 Å². The van der Waals surface area contributed by atoms with Crippen LogP contribution in [0.5, 0.6) is 0 Å². The van der Waals surface area contributed by atoms with Crippen molar-refractivity contribution in [2.24, 2.45) is 0 Å². The van der Waals surface area contributed by atoms with E-state index in [0.29, 0.717) is 17.4 Å². The molecule has 8 heteroatoms. The van der Waals surface area contributed by atoms with Crippen molar-refractivity contribution in [2.75, 3.05) is 17.2 Å². The van der Waals surface area contributed by atoms with Crippen LogP contribution in [-0.2, 0) is 0 Å². The van der Waals surface area contributed by atoms with Crippen LogP contribution in [0.25, 0.3) is 0 Å². The fourth-order valence-electron chi connectivity index (χ4n) is 1.22. The second kappa shape index (κ2) is 4.58. The van der Waals surface area contributed by atoms with Crippen LogP contribution in [0, 0.1) is 0 Å². The molecule has 0 aliphatic rings. The monoisotopic (exact) mass is 256 g/mol. The van der Waals surface area contributed by atoms with Crippen LogP contribution in [0.4, 0.5) is 16.9 Å². The Balaban J connectivity index is 2.44. The zero-order valence-electron chi connectivity index (χ0n) is 8.46. The van der Waals surface area contributed by atoms with E-state index in [-0.39, 0.29) is 5.95 Å². The average Bonchev–Trinajstić information content (AvgIpc) is 2.78. The molecule has 0 fully saturated rings. The van der Waals surface area contributed by atoms with Gasteiger partial charge in [0.15, 0.2) is 5.82 Å². The number of nitrogen functional groups attached to an aromatic ring is 1. The average molecular weight is 257 g/mol. The number of nitrogens with zero attached hydrogens (tertiary/aromatic N) is 5. The Bertz CT molecular complexity index is 473. The molecule has 0 bridgehead atoms. The number of nitrogens with two attached hydrogens (primary N) is 1. The van der Waals surface area contributed by atoms with Crippen molar-refractivity contribution in [3.05, 3.63) is 16.7 Å². The second-order valence-corrected chi connectivity index (χ2v) is 4.08. The summed E-state index contributed by atoms with van der Waals surface area (Å²) in [6.45, 7) is 2.64. The molecule has 2 aromatic heterocycles. The van der Waals surface area contributed by atoms with Gasteiger partial charge >= 0.3 is 0 Å². The summed E-state index contributed by atoms with van der Waals surface area (Å²) in [5, 5.41) is 8.91. The van der Waals surface area contributed by atoms with Gasteiger partial charge in [0, 0.05) is 6.54 Å². The summed E-state index contributed by atoms with van der Waals surface area (Å²) in [5.74, 6) is 0.732. The fourth-order valence-corrected chi connectivity index (χ4v) is 2.04. The third kappa shape index (κ3) is 2.05. The lowest BCUT2D eigenvalue weighted by Crippen LogP contribution is -2.18. The van der Waals surface area contributed by atoms with Crippen LogP contribution in [0.2, 0.25) is 5.02 Å². The highest BCUT2D eigenvalue weighted by atomic mass is 35.5. The molecule has 0 atom stereocenters. The first-order valence-corrected chi connectivity index (χ1v) is 5.80. The van der Waals surface area contributed by atoms with Crippen LogP contribution in [-0.4, -0.2) is 26.7 Å². The minimum Gasteiger partial charge on any atom is -0.368 e. The number of hydrogen-bond acceptors (Lipinski definition) is 7. The normalized spacial score (nSPS) is 10.4.